The van der Waals surface area contributed by atoms with E-state index < -0.39 is 97.5 Å². The van der Waals surface area contributed by atoms with E-state index in [0.29, 0.717) is 25.7 Å². The zero-order chi connectivity index (χ0) is 68.0. The van der Waals surface area contributed by atoms with Crippen LogP contribution in [0.3, 0.4) is 0 Å². The Morgan fingerprint density at radius 2 is 0.554 bits per heavy atom. The summed E-state index contributed by atoms with van der Waals surface area (Å²) < 4.78 is 68.4. The van der Waals surface area contributed by atoms with Crippen LogP contribution in [0.1, 0.15) is 370 Å². The summed E-state index contributed by atoms with van der Waals surface area (Å²) in [5, 5.41) is 10.6. The number of phosphoric ester groups is 2. The summed E-state index contributed by atoms with van der Waals surface area (Å²) >= 11 is 0. The number of phosphoric acid groups is 2. The molecule has 0 saturated heterocycles. The highest BCUT2D eigenvalue weighted by Crippen LogP contribution is 2.45. The maximum atomic E-state index is 13.1. The Morgan fingerprint density at radius 3 is 0.826 bits per heavy atom. The van der Waals surface area contributed by atoms with Crippen LogP contribution in [-0.4, -0.2) is 96.7 Å². The first-order valence-corrected chi connectivity index (χ1v) is 40.9. The molecular weight excluding hydrogens is 1210 g/mol. The molecule has 0 aliphatic rings. The highest BCUT2D eigenvalue weighted by Gasteiger charge is 2.30. The highest BCUT2D eigenvalue weighted by molar-refractivity contribution is 7.47. The number of ether oxygens (including phenoxy) is 4. The van der Waals surface area contributed by atoms with Crippen molar-refractivity contribution in [3.8, 4) is 0 Å². The largest absolute Gasteiger partial charge is 0.472 e. The lowest BCUT2D eigenvalue weighted by Gasteiger charge is -2.21. The summed E-state index contributed by atoms with van der Waals surface area (Å²) in [6.45, 7) is 11.9. The van der Waals surface area contributed by atoms with E-state index >= 15 is 0 Å². The van der Waals surface area contributed by atoms with Crippen LogP contribution < -0.4 is 0 Å². The van der Waals surface area contributed by atoms with E-state index in [0.717, 1.165) is 108 Å². The van der Waals surface area contributed by atoms with Gasteiger partial charge in [0, 0.05) is 25.7 Å². The van der Waals surface area contributed by atoms with E-state index in [2.05, 4.69) is 48.5 Å². The lowest BCUT2D eigenvalue weighted by molar-refractivity contribution is -0.161. The van der Waals surface area contributed by atoms with Gasteiger partial charge in [-0.3, -0.25) is 37.3 Å². The number of aliphatic hydroxyl groups is 1. The summed E-state index contributed by atoms with van der Waals surface area (Å²) in [6, 6.07) is 0. The fraction of sp³-hybridized carbons (Fsp3) is 0.945. The molecule has 0 bridgehead atoms. The van der Waals surface area contributed by atoms with E-state index in [1.54, 1.807) is 0 Å². The molecule has 6 atom stereocenters. The van der Waals surface area contributed by atoms with Gasteiger partial charge in [0.1, 0.15) is 19.3 Å². The van der Waals surface area contributed by atoms with E-state index in [1.165, 1.54) is 180 Å². The van der Waals surface area contributed by atoms with Gasteiger partial charge in [-0.05, 0) is 43.4 Å². The third kappa shape index (κ3) is 65.4. The zero-order valence-electron chi connectivity index (χ0n) is 60.0. The van der Waals surface area contributed by atoms with Gasteiger partial charge in [0.2, 0.25) is 0 Å². The Labute approximate surface area is 562 Å². The second kappa shape index (κ2) is 63.8. The van der Waals surface area contributed by atoms with Crippen molar-refractivity contribution in [3.63, 3.8) is 0 Å². The fourth-order valence-corrected chi connectivity index (χ4v) is 12.6. The average Bonchev–Trinajstić information content (AvgIpc) is 1.66. The van der Waals surface area contributed by atoms with Crippen LogP contribution in [-0.2, 0) is 65.4 Å². The number of unbranched alkanes of at least 4 members (excludes halogenated alkanes) is 38. The molecule has 0 spiro atoms. The number of aliphatic hydroxyl groups excluding tert-OH is 1. The van der Waals surface area contributed by atoms with Crippen molar-refractivity contribution in [1.82, 2.24) is 0 Å². The molecule has 0 aromatic carbocycles. The lowest BCUT2D eigenvalue weighted by Crippen LogP contribution is -2.30. The first-order valence-electron chi connectivity index (χ1n) is 37.9. The summed E-state index contributed by atoms with van der Waals surface area (Å²) in [6.07, 6.45) is 48.4. The monoisotopic (exact) mass is 1350 g/mol. The molecule has 546 valence electrons. The molecule has 0 radical (unpaired) electrons. The number of carbonyl (C=O) groups excluding carboxylic acids is 4. The molecule has 0 amide bonds. The maximum absolute atomic E-state index is 13.1. The van der Waals surface area contributed by atoms with Crippen molar-refractivity contribution in [2.75, 3.05) is 39.6 Å². The number of hydrogen-bond acceptors (Lipinski definition) is 15. The molecule has 0 rings (SSSR count). The quantitative estimate of drug-likeness (QED) is 0.0222. The summed E-state index contributed by atoms with van der Waals surface area (Å²) in [5.74, 6) is 0.184. The molecule has 0 heterocycles. The topological polar surface area (TPSA) is 237 Å². The average molecular weight is 1350 g/mol. The standard InChI is InChI=1S/C73H142O17P2/c1-8-10-11-12-13-14-15-20-25-33-40-47-54-70(75)84-61-69(90-73(78)57-50-43-36-29-28-32-39-46-53-66(7)9-2)63-88-92(81,82)86-59-67(74)58-85-91(79,80)87-62-68(89-72(77)56-49-42-35-27-22-17-19-24-31-38-45-52-65(5)6)60-83-71(76)55-48-41-34-26-21-16-18-23-30-37-44-51-64(3)4/h64-69,74H,8-63H2,1-7H3,(H,79,80)(H,81,82)/t66?,67-,68-,69-/m1/s1. The van der Waals surface area contributed by atoms with Gasteiger partial charge in [-0.2, -0.15) is 0 Å². The van der Waals surface area contributed by atoms with Gasteiger partial charge in [-0.1, -0.05) is 318 Å². The molecule has 3 N–H and O–H groups in total. The zero-order valence-corrected chi connectivity index (χ0v) is 61.8. The first-order chi connectivity index (χ1) is 44.3. The van der Waals surface area contributed by atoms with Crippen molar-refractivity contribution < 1.29 is 80.2 Å². The molecule has 3 unspecified atom stereocenters. The van der Waals surface area contributed by atoms with Crippen molar-refractivity contribution in [2.24, 2.45) is 17.8 Å². The lowest BCUT2D eigenvalue weighted by atomic mass is 9.99. The van der Waals surface area contributed by atoms with Gasteiger partial charge in [0.25, 0.3) is 0 Å². The van der Waals surface area contributed by atoms with Crippen molar-refractivity contribution >= 4 is 39.5 Å². The van der Waals surface area contributed by atoms with E-state index in [1.807, 2.05) is 0 Å². The van der Waals surface area contributed by atoms with Gasteiger partial charge >= 0.3 is 39.5 Å². The Balaban J connectivity index is 5.27. The van der Waals surface area contributed by atoms with E-state index in [-0.39, 0.29) is 25.7 Å². The second-order valence-corrected chi connectivity index (χ2v) is 30.4. The van der Waals surface area contributed by atoms with Gasteiger partial charge in [0.05, 0.1) is 26.4 Å². The number of esters is 4. The van der Waals surface area contributed by atoms with Crippen LogP contribution in [0.4, 0.5) is 0 Å². The molecule has 92 heavy (non-hydrogen) atoms. The van der Waals surface area contributed by atoms with Crippen LogP contribution in [0.5, 0.6) is 0 Å². The molecule has 0 aromatic rings. The summed E-state index contributed by atoms with van der Waals surface area (Å²) in [7, 11) is -9.91. The number of carbonyl (C=O) groups is 4. The van der Waals surface area contributed by atoms with Crippen LogP contribution in [0.15, 0.2) is 0 Å². The van der Waals surface area contributed by atoms with Crippen LogP contribution in [0.25, 0.3) is 0 Å². The molecule has 0 aromatic heterocycles. The van der Waals surface area contributed by atoms with Crippen LogP contribution in [0.2, 0.25) is 0 Å². The molecule has 19 heteroatoms. The van der Waals surface area contributed by atoms with Gasteiger partial charge in [0.15, 0.2) is 12.2 Å². The minimum Gasteiger partial charge on any atom is -0.462 e. The third-order valence-electron chi connectivity index (χ3n) is 17.2. The second-order valence-electron chi connectivity index (χ2n) is 27.5. The molecular formula is C73H142O17P2. The molecule has 0 aliphatic carbocycles. The molecule has 0 saturated carbocycles. The maximum Gasteiger partial charge on any atom is 0.472 e. The molecule has 0 aliphatic heterocycles. The predicted molar refractivity (Wildman–Crippen MR) is 372 cm³/mol. The third-order valence-corrected chi connectivity index (χ3v) is 19.1. The molecule has 17 nitrogen and oxygen atoms in total. The number of rotatable bonds is 71. The Hall–Kier alpha value is -1.94. The van der Waals surface area contributed by atoms with Crippen LogP contribution in [0, 0.1) is 17.8 Å². The highest BCUT2D eigenvalue weighted by atomic mass is 31.2. The molecule has 0 fully saturated rings. The smallest absolute Gasteiger partial charge is 0.462 e. The van der Waals surface area contributed by atoms with Gasteiger partial charge in [-0.15, -0.1) is 0 Å². The minimum absolute atomic E-state index is 0.105. The summed E-state index contributed by atoms with van der Waals surface area (Å²) in [5.41, 5.74) is 0. The minimum atomic E-state index is -4.95. The van der Waals surface area contributed by atoms with Crippen LogP contribution >= 0.6 is 15.6 Å². The number of hydrogen-bond donors (Lipinski definition) is 3. The van der Waals surface area contributed by atoms with Crippen molar-refractivity contribution in [2.45, 2.75) is 388 Å². The Morgan fingerprint density at radius 1 is 0.315 bits per heavy atom. The normalized spacial score (nSPS) is 14.4. The van der Waals surface area contributed by atoms with E-state index in [9.17, 15) is 43.2 Å². The fourth-order valence-electron chi connectivity index (χ4n) is 11.0. The first kappa shape index (κ1) is 90.1. The summed E-state index contributed by atoms with van der Waals surface area (Å²) in [4.78, 5) is 72.7. The van der Waals surface area contributed by atoms with Gasteiger partial charge < -0.3 is 33.8 Å². The Kier molecular flexibility index (Phi) is 62.4. The van der Waals surface area contributed by atoms with Crippen molar-refractivity contribution in [1.29, 1.82) is 0 Å². The SMILES string of the molecule is CCCCCCCCCCCCCCC(=O)OC[C@H](COP(=O)(O)OC[C@H](O)COP(=O)(O)OC[C@@H](COC(=O)CCCCCCCCCCCCCC(C)C)OC(=O)CCCCCCCCCCCCCC(C)C)OC(=O)CCCCCCCCCCC(C)CC. The van der Waals surface area contributed by atoms with E-state index in [4.69, 9.17) is 37.0 Å². The Bertz CT molecular complexity index is 1800. The van der Waals surface area contributed by atoms with Gasteiger partial charge in [-0.25, -0.2) is 9.13 Å². The predicted octanol–water partition coefficient (Wildman–Crippen LogP) is 21.0. The van der Waals surface area contributed by atoms with Crippen molar-refractivity contribution in [3.05, 3.63) is 0 Å².